The molecule has 0 radical (unpaired) electrons. The van der Waals surface area contributed by atoms with Gasteiger partial charge in [0, 0.05) is 13.1 Å². The fourth-order valence-electron chi connectivity index (χ4n) is 2.49. The van der Waals surface area contributed by atoms with Crippen LogP contribution in [0.25, 0.3) is 6.08 Å². The molecule has 1 fully saturated rings. The van der Waals surface area contributed by atoms with Crippen LogP contribution in [0.1, 0.15) is 11.1 Å². The lowest BCUT2D eigenvalue weighted by Crippen LogP contribution is -2.37. The second-order valence-corrected chi connectivity index (χ2v) is 7.54. The van der Waals surface area contributed by atoms with E-state index in [0.29, 0.717) is 11.3 Å². The molecule has 0 bridgehead atoms. The Kier molecular flexibility index (Phi) is 6.31. The SMILES string of the molecule is COc1ccc(/C=C2/SC(=O)N(CCNC(=O)Cc3ccsc3)C2=O)cc1. The summed E-state index contributed by atoms with van der Waals surface area (Å²) in [5.74, 6) is 0.250. The second kappa shape index (κ2) is 8.88. The number of carbonyl (C=O) groups excluding carboxylic acids is 3. The summed E-state index contributed by atoms with van der Waals surface area (Å²) in [6.07, 6.45) is 1.97. The minimum absolute atomic E-state index is 0.130. The molecule has 0 aliphatic carbocycles. The summed E-state index contributed by atoms with van der Waals surface area (Å²) in [7, 11) is 1.58. The summed E-state index contributed by atoms with van der Waals surface area (Å²) in [5.41, 5.74) is 1.76. The van der Waals surface area contributed by atoms with Gasteiger partial charge in [0.2, 0.25) is 5.91 Å². The normalized spacial score (nSPS) is 15.4. The van der Waals surface area contributed by atoms with Gasteiger partial charge in [0.15, 0.2) is 0 Å². The van der Waals surface area contributed by atoms with Crippen molar-refractivity contribution in [2.75, 3.05) is 20.2 Å². The van der Waals surface area contributed by atoms with Crippen LogP contribution in [-0.2, 0) is 16.0 Å². The highest BCUT2D eigenvalue weighted by atomic mass is 32.2. The first kappa shape index (κ1) is 19.2. The molecule has 8 heteroatoms. The van der Waals surface area contributed by atoms with Crippen molar-refractivity contribution < 1.29 is 19.1 Å². The molecule has 6 nitrogen and oxygen atoms in total. The van der Waals surface area contributed by atoms with Gasteiger partial charge >= 0.3 is 0 Å². The molecule has 2 aromatic rings. The molecule has 3 rings (SSSR count). The van der Waals surface area contributed by atoms with Crippen molar-refractivity contribution in [3.63, 3.8) is 0 Å². The third-order valence-electron chi connectivity index (χ3n) is 3.89. The highest BCUT2D eigenvalue weighted by Crippen LogP contribution is 2.32. The number of carbonyl (C=O) groups is 3. The number of hydrogen-bond acceptors (Lipinski definition) is 6. The zero-order valence-electron chi connectivity index (χ0n) is 14.6. The van der Waals surface area contributed by atoms with E-state index < -0.39 is 0 Å². The van der Waals surface area contributed by atoms with Crippen molar-refractivity contribution in [1.82, 2.24) is 10.2 Å². The lowest BCUT2D eigenvalue weighted by Gasteiger charge is -2.12. The maximum atomic E-state index is 12.5. The molecule has 0 saturated carbocycles. The number of thioether (sulfide) groups is 1. The number of nitrogens with one attached hydrogen (secondary N) is 1. The van der Waals surface area contributed by atoms with Gasteiger partial charge in [0.1, 0.15) is 5.75 Å². The summed E-state index contributed by atoms with van der Waals surface area (Å²) in [6.45, 7) is 0.386. The zero-order chi connectivity index (χ0) is 19.2. The van der Waals surface area contributed by atoms with Gasteiger partial charge in [-0.05, 0) is 57.9 Å². The van der Waals surface area contributed by atoms with E-state index in [2.05, 4.69) is 5.32 Å². The predicted molar refractivity (Wildman–Crippen MR) is 107 cm³/mol. The zero-order valence-corrected chi connectivity index (χ0v) is 16.3. The van der Waals surface area contributed by atoms with E-state index in [1.54, 1.807) is 25.3 Å². The standard InChI is InChI=1S/C19H18N2O4S2/c1-25-15-4-2-13(3-5-15)10-16-18(23)21(19(24)27-16)8-7-20-17(22)11-14-6-9-26-12-14/h2-6,9-10,12H,7-8,11H2,1H3,(H,20,22)/b16-10+. The number of methoxy groups -OCH3 is 1. The second-order valence-electron chi connectivity index (χ2n) is 5.76. The monoisotopic (exact) mass is 402 g/mol. The molecule has 1 aromatic carbocycles. The molecule has 2 heterocycles. The molecule has 1 aliphatic rings. The van der Waals surface area contributed by atoms with E-state index in [9.17, 15) is 14.4 Å². The fraction of sp³-hybridized carbons (Fsp3) is 0.211. The highest BCUT2D eigenvalue weighted by molar-refractivity contribution is 8.18. The first-order valence-corrected chi connectivity index (χ1v) is 10.00. The Labute approximate surface area is 165 Å². The van der Waals surface area contributed by atoms with Crippen molar-refractivity contribution in [3.8, 4) is 5.75 Å². The number of amides is 3. The number of thiophene rings is 1. The third-order valence-corrected chi connectivity index (χ3v) is 5.53. The molecular formula is C19H18N2O4S2. The van der Waals surface area contributed by atoms with Gasteiger partial charge in [0.25, 0.3) is 11.1 Å². The van der Waals surface area contributed by atoms with Crippen molar-refractivity contribution in [2.24, 2.45) is 0 Å². The smallest absolute Gasteiger partial charge is 0.293 e. The minimum atomic E-state index is -0.340. The third kappa shape index (κ3) is 4.99. The Morgan fingerprint density at radius 1 is 1.22 bits per heavy atom. The largest absolute Gasteiger partial charge is 0.497 e. The van der Waals surface area contributed by atoms with Crippen LogP contribution in [0.5, 0.6) is 5.75 Å². The van der Waals surface area contributed by atoms with Gasteiger partial charge in [-0.1, -0.05) is 12.1 Å². The van der Waals surface area contributed by atoms with Gasteiger partial charge in [-0.25, -0.2) is 0 Å². The average Bonchev–Trinajstić information content (AvgIpc) is 3.26. The van der Waals surface area contributed by atoms with Gasteiger partial charge in [-0.3, -0.25) is 19.3 Å². The number of rotatable bonds is 7. The molecule has 140 valence electrons. The molecule has 3 amide bonds. The van der Waals surface area contributed by atoms with Gasteiger partial charge in [0.05, 0.1) is 18.4 Å². The Morgan fingerprint density at radius 3 is 2.67 bits per heavy atom. The summed E-state index contributed by atoms with van der Waals surface area (Å²) < 4.78 is 5.10. The summed E-state index contributed by atoms with van der Waals surface area (Å²) in [4.78, 5) is 38.0. The molecule has 1 aliphatic heterocycles. The van der Waals surface area contributed by atoms with E-state index in [4.69, 9.17) is 4.74 Å². The van der Waals surface area contributed by atoms with E-state index in [1.165, 1.54) is 11.3 Å². The van der Waals surface area contributed by atoms with E-state index in [0.717, 1.165) is 33.5 Å². The van der Waals surface area contributed by atoms with Crippen LogP contribution in [0.2, 0.25) is 0 Å². The minimum Gasteiger partial charge on any atom is -0.497 e. The molecule has 1 aromatic heterocycles. The quantitative estimate of drug-likeness (QED) is 0.720. The fourth-order valence-corrected chi connectivity index (χ4v) is 4.03. The maximum Gasteiger partial charge on any atom is 0.293 e. The van der Waals surface area contributed by atoms with Gasteiger partial charge in [-0.2, -0.15) is 11.3 Å². The predicted octanol–water partition coefficient (Wildman–Crippen LogP) is 3.15. The van der Waals surface area contributed by atoms with Gasteiger partial charge in [-0.15, -0.1) is 0 Å². The molecule has 1 saturated heterocycles. The Hall–Kier alpha value is -2.58. The van der Waals surface area contributed by atoms with Crippen LogP contribution in [-0.4, -0.2) is 42.2 Å². The Bertz CT molecular complexity index is 860. The van der Waals surface area contributed by atoms with Crippen molar-refractivity contribution in [2.45, 2.75) is 6.42 Å². The molecule has 1 N–H and O–H groups in total. The summed E-state index contributed by atoms with van der Waals surface area (Å²) in [6, 6.07) is 9.11. The maximum absolute atomic E-state index is 12.5. The Morgan fingerprint density at radius 2 is 2.00 bits per heavy atom. The number of nitrogens with zero attached hydrogens (tertiary/aromatic N) is 1. The Balaban J connectivity index is 1.54. The van der Waals surface area contributed by atoms with Crippen LogP contribution < -0.4 is 10.1 Å². The molecule has 0 unspecified atom stereocenters. The van der Waals surface area contributed by atoms with Crippen molar-refractivity contribution in [3.05, 3.63) is 57.1 Å². The van der Waals surface area contributed by atoms with E-state index in [1.807, 2.05) is 29.0 Å². The highest BCUT2D eigenvalue weighted by Gasteiger charge is 2.34. The van der Waals surface area contributed by atoms with Crippen LogP contribution in [0.15, 0.2) is 46.0 Å². The number of imide groups is 1. The van der Waals surface area contributed by atoms with E-state index >= 15 is 0 Å². The van der Waals surface area contributed by atoms with Crippen LogP contribution in [0.4, 0.5) is 4.79 Å². The first-order chi connectivity index (χ1) is 13.1. The topological polar surface area (TPSA) is 75.7 Å². The number of benzene rings is 1. The van der Waals surface area contributed by atoms with Crippen LogP contribution in [0, 0.1) is 0 Å². The van der Waals surface area contributed by atoms with Crippen LogP contribution >= 0.6 is 23.1 Å². The molecule has 0 atom stereocenters. The van der Waals surface area contributed by atoms with Crippen LogP contribution in [0.3, 0.4) is 0 Å². The molecule has 27 heavy (non-hydrogen) atoms. The number of hydrogen-bond donors (Lipinski definition) is 1. The summed E-state index contributed by atoms with van der Waals surface area (Å²) >= 11 is 2.44. The summed E-state index contributed by atoms with van der Waals surface area (Å²) in [5, 5.41) is 6.25. The molecular weight excluding hydrogens is 384 g/mol. The lowest BCUT2D eigenvalue weighted by molar-refractivity contribution is -0.124. The first-order valence-electron chi connectivity index (χ1n) is 8.24. The number of ether oxygens (including phenoxy) is 1. The molecule has 0 spiro atoms. The lowest BCUT2D eigenvalue weighted by atomic mass is 10.2. The van der Waals surface area contributed by atoms with Crippen molar-refractivity contribution in [1.29, 1.82) is 0 Å². The van der Waals surface area contributed by atoms with Gasteiger partial charge < -0.3 is 10.1 Å². The van der Waals surface area contributed by atoms with Crippen molar-refractivity contribution >= 4 is 46.2 Å². The average molecular weight is 402 g/mol. The van der Waals surface area contributed by atoms with E-state index in [-0.39, 0.29) is 30.1 Å².